The van der Waals surface area contributed by atoms with Crippen LogP contribution >= 0.6 is 0 Å². The summed E-state index contributed by atoms with van der Waals surface area (Å²) in [6.45, 7) is 10.8. The summed E-state index contributed by atoms with van der Waals surface area (Å²) < 4.78 is 11.7. The molecule has 0 saturated heterocycles. The van der Waals surface area contributed by atoms with E-state index in [1.807, 2.05) is 6.92 Å². The molecule has 4 aliphatic carbocycles. The van der Waals surface area contributed by atoms with Gasteiger partial charge in [-0.15, -0.1) is 0 Å². The molecule has 4 aliphatic rings. The number of ketones is 1. The van der Waals surface area contributed by atoms with Gasteiger partial charge in [0.15, 0.2) is 0 Å². The Morgan fingerprint density at radius 1 is 1.03 bits per heavy atom. The van der Waals surface area contributed by atoms with Crippen LogP contribution in [0.15, 0.2) is 0 Å². The van der Waals surface area contributed by atoms with Crippen molar-refractivity contribution in [2.45, 2.75) is 91.6 Å². The Balaban J connectivity index is 1.96. The summed E-state index contributed by atoms with van der Waals surface area (Å²) in [4.78, 5) is 37.9. The average molecular weight is 437 g/mol. The van der Waals surface area contributed by atoms with Crippen LogP contribution in [0.4, 0.5) is 0 Å². The van der Waals surface area contributed by atoms with E-state index in [4.69, 9.17) is 9.47 Å². The van der Waals surface area contributed by atoms with Crippen molar-refractivity contribution in [2.24, 2.45) is 39.9 Å². The zero-order valence-corrected chi connectivity index (χ0v) is 19.4. The van der Waals surface area contributed by atoms with E-state index >= 15 is 0 Å². The van der Waals surface area contributed by atoms with Gasteiger partial charge in [0.05, 0.1) is 17.6 Å². The number of hydrogen-bond donors (Lipinski definition) is 2. The highest BCUT2D eigenvalue weighted by Crippen LogP contribution is 2.71. The predicted molar refractivity (Wildman–Crippen MR) is 111 cm³/mol. The predicted octanol–water partition coefficient (Wildman–Crippen LogP) is 2.26. The fourth-order valence-corrected chi connectivity index (χ4v) is 8.41. The quantitative estimate of drug-likeness (QED) is 0.639. The van der Waals surface area contributed by atoms with Gasteiger partial charge < -0.3 is 19.7 Å². The van der Waals surface area contributed by atoms with Gasteiger partial charge in [-0.3, -0.25) is 14.4 Å². The standard InChI is InChI=1S/C24H36O7/c1-11-14-9-15(30-12(2)25)19-23(6)16(10-17(27)24(19,20(11)28)21(14)29)22(4,5)8-7-18(23)31-13(3)26/h11,14-19,21,27,29H,7-10H2,1-6H3/t11-,14-,15-,16+,17-,18-,19-,21-,23+,24+/m1/s1. The number of fused-ring (bicyclic) bond motifs is 3. The molecule has 10 atom stereocenters. The molecule has 7 nitrogen and oxygen atoms in total. The molecule has 0 radical (unpaired) electrons. The van der Waals surface area contributed by atoms with E-state index in [-0.39, 0.29) is 23.0 Å². The van der Waals surface area contributed by atoms with Gasteiger partial charge >= 0.3 is 11.9 Å². The maximum Gasteiger partial charge on any atom is 0.302 e. The first-order valence-electron chi connectivity index (χ1n) is 11.5. The Morgan fingerprint density at radius 3 is 2.23 bits per heavy atom. The molecule has 0 amide bonds. The van der Waals surface area contributed by atoms with Crippen LogP contribution in [0.25, 0.3) is 0 Å². The first kappa shape index (κ1) is 22.7. The van der Waals surface area contributed by atoms with E-state index in [1.54, 1.807) is 6.92 Å². The van der Waals surface area contributed by atoms with Gasteiger partial charge in [0.25, 0.3) is 0 Å². The lowest BCUT2D eigenvalue weighted by atomic mass is 9.38. The molecule has 0 unspecified atom stereocenters. The SMILES string of the molecule is CC(=O)O[C@@H]1C[C@H]2[C@@H](O)[C@@]3(C(=O)[C@@H]2C)[C@H](O)C[C@H]2C(C)(C)CC[C@@H](OC(C)=O)[C@@]2(C)[C@@H]13. The molecule has 31 heavy (non-hydrogen) atoms. The van der Waals surface area contributed by atoms with Crippen LogP contribution in [0, 0.1) is 39.9 Å². The van der Waals surface area contributed by atoms with Gasteiger partial charge in [0.1, 0.15) is 18.0 Å². The van der Waals surface area contributed by atoms with E-state index in [2.05, 4.69) is 13.8 Å². The van der Waals surface area contributed by atoms with Gasteiger partial charge in [0, 0.05) is 31.1 Å². The van der Waals surface area contributed by atoms with Crippen LogP contribution in [-0.4, -0.2) is 52.4 Å². The molecule has 2 bridgehead atoms. The van der Waals surface area contributed by atoms with Gasteiger partial charge in [0.2, 0.25) is 0 Å². The van der Waals surface area contributed by atoms with Crippen molar-refractivity contribution in [2.75, 3.05) is 0 Å². The monoisotopic (exact) mass is 436 g/mol. The van der Waals surface area contributed by atoms with Gasteiger partial charge in [-0.05, 0) is 42.9 Å². The summed E-state index contributed by atoms with van der Waals surface area (Å²) in [6, 6.07) is 0. The van der Waals surface area contributed by atoms with Gasteiger partial charge in [-0.1, -0.05) is 27.7 Å². The normalized spacial score (nSPS) is 50.3. The number of aliphatic hydroxyl groups is 2. The van der Waals surface area contributed by atoms with E-state index in [0.717, 1.165) is 6.42 Å². The fraction of sp³-hybridized carbons (Fsp3) is 0.875. The second-order valence-electron chi connectivity index (χ2n) is 11.4. The minimum atomic E-state index is -1.42. The molecule has 0 aromatic rings. The number of carbonyl (C=O) groups is 3. The van der Waals surface area contributed by atoms with E-state index < -0.39 is 59.0 Å². The van der Waals surface area contributed by atoms with Crippen molar-refractivity contribution in [3.05, 3.63) is 0 Å². The third-order valence-electron chi connectivity index (χ3n) is 9.51. The Kier molecular flexibility index (Phi) is 5.14. The van der Waals surface area contributed by atoms with E-state index in [9.17, 15) is 24.6 Å². The number of esters is 2. The lowest BCUT2D eigenvalue weighted by Crippen LogP contribution is -2.73. The van der Waals surface area contributed by atoms with Crippen LogP contribution in [0.3, 0.4) is 0 Å². The first-order chi connectivity index (χ1) is 14.3. The minimum absolute atomic E-state index is 0.0748. The largest absolute Gasteiger partial charge is 0.462 e. The molecule has 4 saturated carbocycles. The molecule has 4 rings (SSSR count). The van der Waals surface area contributed by atoms with Crippen LogP contribution in [-0.2, 0) is 23.9 Å². The number of hydrogen-bond acceptors (Lipinski definition) is 7. The second kappa shape index (κ2) is 7.01. The molecule has 1 spiro atoms. The molecule has 174 valence electrons. The topological polar surface area (TPSA) is 110 Å². The maximum atomic E-state index is 13.7. The van der Waals surface area contributed by atoms with Crippen molar-refractivity contribution < 1.29 is 34.1 Å². The van der Waals surface area contributed by atoms with E-state index in [1.165, 1.54) is 13.8 Å². The average Bonchev–Trinajstić information content (AvgIpc) is 2.76. The van der Waals surface area contributed by atoms with Gasteiger partial charge in [-0.25, -0.2) is 0 Å². The molecule has 0 aromatic carbocycles. The molecule has 4 fully saturated rings. The molecular weight excluding hydrogens is 400 g/mol. The zero-order valence-electron chi connectivity index (χ0n) is 19.4. The molecule has 2 N–H and O–H groups in total. The number of rotatable bonds is 2. The van der Waals surface area contributed by atoms with Crippen LogP contribution in [0.5, 0.6) is 0 Å². The molecule has 0 aromatic heterocycles. The maximum absolute atomic E-state index is 13.7. The summed E-state index contributed by atoms with van der Waals surface area (Å²) in [5.74, 6) is -2.51. The summed E-state index contributed by atoms with van der Waals surface area (Å²) in [5, 5.41) is 22.9. The number of Topliss-reactive ketones (excluding diaryl/α,β-unsaturated/α-hetero) is 1. The number of carbonyl (C=O) groups excluding carboxylic acids is 3. The summed E-state index contributed by atoms with van der Waals surface area (Å²) >= 11 is 0. The lowest BCUT2D eigenvalue weighted by Gasteiger charge is -2.67. The highest BCUT2D eigenvalue weighted by Gasteiger charge is 2.78. The Bertz CT molecular complexity index is 806. The highest BCUT2D eigenvalue weighted by molar-refractivity contribution is 5.92. The van der Waals surface area contributed by atoms with Crippen molar-refractivity contribution in [1.82, 2.24) is 0 Å². The Labute approximate surface area is 183 Å². The zero-order chi connectivity index (χ0) is 23.1. The van der Waals surface area contributed by atoms with Crippen LogP contribution in [0.2, 0.25) is 0 Å². The third-order valence-corrected chi connectivity index (χ3v) is 9.51. The smallest absolute Gasteiger partial charge is 0.302 e. The summed E-state index contributed by atoms with van der Waals surface area (Å²) in [5.41, 5.74) is -2.33. The Morgan fingerprint density at radius 2 is 1.65 bits per heavy atom. The summed E-state index contributed by atoms with van der Waals surface area (Å²) in [7, 11) is 0. The first-order valence-corrected chi connectivity index (χ1v) is 11.5. The third kappa shape index (κ3) is 2.81. The second-order valence-corrected chi connectivity index (χ2v) is 11.4. The highest BCUT2D eigenvalue weighted by atomic mass is 16.6. The van der Waals surface area contributed by atoms with Crippen molar-refractivity contribution in [3.8, 4) is 0 Å². The molecule has 0 heterocycles. The lowest BCUT2D eigenvalue weighted by molar-refractivity contribution is -0.279. The van der Waals surface area contributed by atoms with Crippen LogP contribution < -0.4 is 0 Å². The summed E-state index contributed by atoms with van der Waals surface area (Å²) in [6.07, 6.45) is -1.03. The number of aliphatic hydroxyl groups excluding tert-OH is 2. The minimum Gasteiger partial charge on any atom is -0.462 e. The molecule has 7 heteroatoms. The van der Waals surface area contributed by atoms with Crippen molar-refractivity contribution >= 4 is 17.7 Å². The number of ether oxygens (including phenoxy) is 2. The fourth-order valence-electron chi connectivity index (χ4n) is 8.41. The Hall–Kier alpha value is -1.47. The molecule has 0 aliphatic heterocycles. The molecular formula is C24H36O7. The van der Waals surface area contributed by atoms with Crippen LogP contribution in [0.1, 0.15) is 67.2 Å². The van der Waals surface area contributed by atoms with Crippen molar-refractivity contribution in [1.29, 1.82) is 0 Å². The van der Waals surface area contributed by atoms with E-state index in [0.29, 0.717) is 19.3 Å². The van der Waals surface area contributed by atoms with Gasteiger partial charge in [-0.2, -0.15) is 0 Å². The van der Waals surface area contributed by atoms with Crippen molar-refractivity contribution in [3.63, 3.8) is 0 Å².